The zero-order chi connectivity index (χ0) is 23.2. The predicted octanol–water partition coefficient (Wildman–Crippen LogP) is 5.80. The van der Waals surface area contributed by atoms with E-state index in [0.29, 0.717) is 38.4 Å². The smallest absolute Gasteiger partial charge is 0.363 e. The number of cyclic esters (lactones) is 1. The molecule has 0 bridgehead atoms. The highest BCUT2D eigenvalue weighted by molar-refractivity contribution is 6.37. The second-order valence-electron chi connectivity index (χ2n) is 6.86. The van der Waals surface area contributed by atoms with Crippen LogP contribution in [0.25, 0.3) is 6.08 Å². The Morgan fingerprint density at radius 3 is 2.24 bits per heavy atom. The van der Waals surface area contributed by atoms with Gasteiger partial charge in [-0.1, -0.05) is 53.5 Å². The van der Waals surface area contributed by atoms with Crippen molar-refractivity contribution in [3.63, 3.8) is 0 Å². The minimum absolute atomic E-state index is 0.153. The molecule has 0 atom stereocenters. The van der Waals surface area contributed by atoms with Crippen LogP contribution in [0.3, 0.4) is 0 Å². The number of carbonyl (C=O) groups is 1. The molecule has 0 aromatic heterocycles. The van der Waals surface area contributed by atoms with Gasteiger partial charge in [-0.2, -0.15) is 0 Å². The van der Waals surface area contributed by atoms with Gasteiger partial charge in [-0.25, -0.2) is 9.79 Å². The Morgan fingerprint density at radius 2 is 1.55 bits per heavy atom. The molecule has 0 saturated heterocycles. The highest BCUT2D eigenvalue weighted by atomic mass is 35.5. The maximum absolute atomic E-state index is 12.2. The van der Waals surface area contributed by atoms with Gasteiger partial charge in [0.1, 0.15) is 13.2 Å². The maximum atomic E-state index is 12.2. The van der Waals surface area contributed by atoms with Gasteiger partial charge in [0, 0.05) is 5.56 Å². The van der Waals surface area contributed by atoms with Crippen LogP contribution in [0, 0.1) is 0 Å². The van der Waals surface area contributed by atoms with Crippen molar-refractivity contribution in [1.29, 1.82) is 0 Å². The zero-order valence-electron chi connectivity index (χ0n) is 17.6. The van der Waals surface area contributed by atoms with Crippen LogP contribution in [0.5, 0.6) is 17.2 Å². The Hall–Kier alpha value is -3.48. The van der Waals surface area contributed by atoms with E-state index in [-0.39, 0.29) is 24.8 Å². The lowest BCUT2D eigenvalue weighted by Gasteiger charge is -2.13. The van der Waals surface area contributed by atoms with Gasteiger partial charge in [0.05, 0.1) is 17.2 Å². The molecule has 1 aliphatic rings. The summed E-state index contributed by atoms with van der Waals surface area (Å²) in [5.74, 6) is 1.27. The third-order valence-electron chi connectivity index (χ3n) is 4.62. The van der Waals surface area contributed by atoms with Crippen LogP contribution < -0.4 is 14.2 Å². The molecule has 1 heterocycles. The largest absolute Gasteiger partial charge is 0.493 e. The molecule has 0 fully saturated rings. The number of ether oxygens (including phenoxy) is 4. The number of para-hydroxylation sites is 2. The number of aliphatic imine (C=N–C) groups is 1. The van der Waals surface area contributed by atoms with E-state index in [9.17, 15) is 4.79 Å². The molecule has 0 aliphatic carbocycles. The molecule has 0 radical (unpaired) electrons. The monoisotopic (exact) mass is 483 g/mol. The normalized spacial score (nSPS) is 14.1. The van der Waals surface area contributed by atoms with Gasteiger partial charge in [-0.3, -0.25) is 0 Å². The molecule has 1 aliphatic heterocycles. The molecule has 168 valence electrons. The maximum Gasteiger partial charge on any atom is 0.363 e. The summed E-state index contributed by atoms with van der Waals surface area (Å²) in [5.41, 5.74) is 1.46. The van der Waals surface area contributed by atoms with Gasteiger partial charge in [-0.05, 0) is 48.0 Å². The number of rotatable bonds is 8. The topological polar surface area (TPSA) is 66.3 Å². The summed E-state index contributed by atoms with van der Waals surface area (Å²) < 4.78 is 21.9. The van der Waals surface area contributed by atoms with Crippen molar-refractivity contribution >= 4 is 41.1 Å². The van der Waals surface area contributed by atoms with Crippen molar-refractivity contribution in [2.45, 2.75) is 0 Å². The van der Waals surface area contributed by atoms with E-state index < -0.39 is 5.97 Å². The van der Waals surface area contributed by atoms with Crippen molar-refractivity contribution in [3.8, 4) is 17.2 Å². The van der Waals surface area contributed by atoms with E-state index in [1.54, 1.807) is 31.4 Å². The molecule has 3 aromatic rings. The summed E-state index contributed by atoms with van der Waals surface area (Å²) in [6, 6.07) is 19.8. The number of halogens is 2. The first-order valence-corrected chi connectivity index (χ1v) is 10.8. The highest BCUT2D eigenvalue weighted by Gasteiger charge is 2.24. The summed E-state index contributed by atoms with van der Waals surface area (Å²) >= 11 is 12.7. The van der Waals surface area contributed by atoms with Crippen LogP contribution in [0.15, 0.2) is 77.4 Å². The molecule has 6 nitrogen and oxygen atoms in total. The summed E-state index contributed by atoms with van der Waals surface area (Å²) in [7, 11) is 1.58. The molecule has 0 unspecified atom stereocenters. The zero-order valence-corrected chi connectivity index (χ0v) is 19.1. The number of benzene rings is 3. The fourth-order valence-electron chi connectivity index (χ4n) is 3.11. The summed E-state index contributed by atoms with van der Waals surface area (Å²) in [6.07, 6.45) is 1.56. The Labute approximate surface area is 201 Å². The van der Waals surface area contributed by atoms with Gasteiger partial charge in [0.2, 0.25) is 5.90 Å². The highest BCUT2D eigenvalue weighted by Crippen LogP contribution is 2.35. The average molecular weight is 484 g/mol. The summed E-state index contributed by atoms with van der Waals surface area (Å²) in [4.78, 5) is 16.5. The van der Waals surface area contributed by atoms with Crippen LogP contribution in [-0.2, 0) is 9.53 Å². The first-order chi connectivity index (χ1) is 16.0. The van der Waals surface area contributed by atoms with E-state index in [1.807, 2.05) is 48.5 Å². The lowest BCUT2D eigenvalue weighted by Crippen LogP contribution is -2.10. The first-order valence-electron chi connectivity index (χ1n) is 10.0. The first kappa shape index (κ1) is 22.7. The fraction of sp³-hybridized carbons (Fsp3) is 0.120. The van der Waals surface area contributed by atoms with Crippen LogP contribution in [-0.4, -0.2) is 32.2 Å². The number of nitrogens with zero attached hydrogens (tertiary/aromatic N) is 1. The van der Waals surface area contributed by atoms with E-state index >= 15 is 0 Å². The van der Waals surface area contributed by atoms with E-state index in [0.717, 1.165) is 0 Å². The molecule has 0 saturated carbocycles. The van der Waals surface area contributed by atoms with Gasteiger partial charge in [-0.15, -0.1) is 0 Å². The summed E-state index contributed by atoms with van der Waals surface area (Å²) in [5, 5.41) is 0.593. The SMILES string of the molecule is COc1ccccc1OCCOc1c(Cl)cc(/C=C2/N=C(c3ccccc3)OC2=O)cc1Cl. The standard InChI is InChI=1S/C25H19Cl2NO5/c1-30-21-9-5-6-10-22(21)31-11-12-32-23-18(26)13-16(14-19(23)27)15-20-25(29)33-24(28-20)17-7-3-2-4-8-17/h2-10,13-15H,11-12H2,1H3/b20-15+. The van der Waals surface area contributed by atoms with Crippen molar-refractivity contribution in [2.75, 3.05) is 20.3 Å². The quantitative estimate of drug-likeness (QED) is 0.230. The minimum Gasteiger partial charge on any atom is -0.493 e. The van der Waals surface area contributed by atoms with Crippen LogP contribution in [0.4, 0.5) is 0 Å². The number of carbonyl (C=O) groups excluding carboxylic acids is 1. The van der Waals surface area contributed by atoms with Crippen molar-refractivity contribution < 1.29 is 23.7 Å². The lowest BCUT2D eigenvalue weighted by molar-refractivity contribution is -0.129. The van der Waals surface area contributed by atoms with Gasteiger partial charge in [0.15, 0.2) is 22.9 Å². The number of methoxy groups -OCH3 is 1. The van der Waals surface area contributed by atoms with Gasteiger partial charge < -0.3 is 18.9 Å². The second-order valence-corrected chi connectivity index (χ2v) is 7.68. The van der Waals surface area contributed by atoms with E-state index in [1.165, 1.54) is 0 Å². The molecule has 3 aromatic carbocycles. The molecule has 0 N–H and O–H groups in total. The van der Waals surface area contributed by atoms with Crippen molar-refractivity contribution in [1.82, 2.24) is 0 Å². The third-order valence-corrected chi connectivity index (χ3v) is 5.18. The van der Waals surface area contributed by atoms with Crippen molar-refractivity contribution in [3.05, 3.63) is 93.6 Å². The predicted molar refractivity (Wildman–Crippen MR) is 127 cm³/mol. The van der Waals surface area contributed by atoms with Crippen LogP contribution in [0.1, 0.15) is 11.1 Å². The molecule has 4 rings (SSSR count). The van der Waals surface area contributed by atoms with Crippen molar-refractivity contribution in [2.24, 2.45) is 4.99 Å². The molecule has 8 heteroatoms. The van der Waals surface area contributed by atoms with E-state index in [4.69, 9.17) is 42.1 Å². The Balaban J connectivity index is 1.43. The Kier molecular flexibility index (Phi) is 7.17. The number of hydrogen-bond donors (Lipinski definition) is 0. The third kappa shape index (κ3) is 5.48. The number of hydrogen-bond acceptors (Lipinski definition) is 6. The number of esters is 1. The Bertz CT molecular complexity index is 1200. The molecular weight excluding hydrogens is 465 g/mol. The van der Waals surface area contributed by atoms with Gasteiger partial charge >= 0.3 is 5.97 Å². The minimum atomic E-state index is -0.546. The Morgan fingerprint density at radius 1 is 0.909 bits per heavy atom. The van der Waals surface area contributed by atoms with Gasteiger partial charge in [0.25, 0.3) is 0 Å². The molecule has 33 heavy (non-hydrogen) atoms. The fourth-order valence-corrected chi connectivity index (χ4v) is 3.72. The molecule has 0 amide bonds. The lowest BCUT2D eigenvalue weighted by atomic mass is 10.2. The second kappa shape index (κ2) is 10.4. The molecule has 0 spiro atoms. The molecular formula is C25H19Cl2NO5. The van der Waals surface area contributed by atoms with E-state index in [2.05, 4.69) is 4.99 Å². The average Bonchev–Trinajstić information content (AvgIpc) is 3.19. The van der Waals surface area contributed by atoms with Crippen LogP contribution in [0.2, 0.25) is 10.0 Å². The summed E-state index contributed by atoms with van der Waals surface area (Å²) in [6.45, 7) is 0.483. The van der Waals surface area contributed by atoms with Crippen LogP contribution >= 0.6 is 23.2 Å².